The first kappa shape index (κ1) is 11.7. The zero-order chi connectivity index (χ0) is 13.0. The highest BCUT2D eigenvalue weighted by Gasteiger charge is 2.42. The first-order valence-corrected chi connectivity index (χ1v) is 8.42. The van der Waals surface area contributed by atoms with Crippen LogP contribution in [0.15, 0.2) is 34.1 Å². The Balaban J connectivity index is 1.78. The summed E-state index contributed by atoms with van der Waals surface area (Å²) in [6.45, 7) is 3.20. The van der Waals surface area contributed by atoms with Crippen molar-refractivity contribution >= 4 is 15.9 Å². The molecule has 0 aromatic heterocycles. The van der Waals surface area contributed by atoms with Gasteiger partial charge in [-0.3, -0.25) is 0 Å². The molecule has 19 heavy (non-hydrogen) atoms. The van der Waals surface area contributed by atoms with Gasteiger partial charge in [-0.2, -0.15) is 0 Å². The third kappa shape index (κ3) is 1.63. The van der Waals surface area contributed by atoms with Crippen LogP contribution >= 0.6 is 0 Å². The van der Waals surface area contributed by atoms with Crippen molar-refractivity contribution in [2.75, 3.05) is 19.6 Å². The number of sulfone groups is 1. The van der Waals surface area contributed by atoms with Crippen molar-refractivity contribution in [3.63, 3.8) is 0 Å². The molecule has 0 N–H and O–H groups in total. The minimum Gasteiger partial charge on any atom is -0.303 e. The van der Waals surface area contributed by atoms with E-state index in [0.717, 1.165) is 38.0 Å². The van der Waals surface area contributed by atoms with Gasteiger partial charge in [-0.15, -0.1) is 0 Å². The molecule has 4 heterocycles. The molecule has 3 nitrogen and oxygen atoms in total. The molecule has 0 spiro atoms. The second-order valence-corrected chi connectivity index (χ2v) is 7.75. The fourth-order valence-corrected chi connectivity index (χ4v) is 5.69. The minimum absolute atomic E-state index is 0.208. The molecule has 2 bridgehead atoms. The Morgan fingerprint density at radius 3 is 2.47 bits per heavy atom. The van der Waals surface area contributed by atoms with Gasteiger partial charge in [0.05, 0.1) is 9.80 Å². The second kappa shape index (κ2) is 3.93. The van der Waals surface area contributed by atoms with E-state index in [9.17, 15) is 8.42 Å². The van der Waals surface area contributed by atoms with Gasteiger partial charge in [0.1, 0.15) is 0 Å². The van der Waals surface area contributed by atoms with Gasteiger partial charge in [0.2, 0.25) is 9.84 Å². The summed E-state index contributed by atoms with van der Waals surface area (Å²) >= 11 is 0. The lowest BCUT2D eigenvalue weighted by atomic mass is 9.78. The Kier molecular flexibility index (Phi) is 2.42. The monoisotopic (exact) mass is 275 g/mol. The van der Waals surface area contributed by atoms with Gasteiger partial charge < -0.3 is 4.90 Å². The lowest BCUT2D eigenvalue weighted by molar-refractivity contribution is 0.0719. The van der Waals surface area contributed by atoms with Crippen molar-refractivity contribution in [2.24, 2.45) is 11.8 Å². The largest absolute Gasteiger partial charge is 0.303 e. The van der Waals surface area contributed by atoms with Gasteiger partial charge in [0, 0.05) is 12.5 Å². The van der Waals surface area contributed by atoms with E-state index in [4.69, 9.17) is 0 Å². The van der Waals surface area contributed by atoms with Crippen LogP contribution in [0, 0.1) is 11.8 Å². The molecule has 3 saturated heterocycles. The predicted molar refractivity (Wildman–Crippen MR) is 74.3 cm³/mol. The van der Waals surface area contributed by atoms with E-state index < -0.39 is 9.84 Å². The van der Waals surface area contributed by atoms with Gasteiger partial charge in [0.15, 0.2) is 0 Å². The number of nitrogens with zero attached hydrogens (tertiary/aromatic N) is 1. The Labute approximate surface area is 113 Å². The van der Waals surface area contributed by atoms with Gasteiger partial charge in [-0.25, -0.2) is 8.42 Å². The van der Waals surface area contributed by atoms with Crippen LogP contribution in [0.3, 0.4) is 0 Å². The molecule has 4 heteroatoms. The van der Waals surface area contributed by atoms with Gasteiger partial charge in [-0.1, -0.05) is 18.2 Å². The quantitative estimate of drug-likeness (QED) is 0.788. The van der Waals surface area contributed by atoms with Crippen LogP contribution in [0.5, 0.6) is 0 Å². The highest BCUT2D eigenvalue weighted by molar-refractivity contribution is 7.95. The fraction of sp³-hybridized carbons (Fsp3) is 0.467. The Morgan fingerprint density at radius 2 is 1.84 bits per heavy atom. The van der Waals surface area contributed by atoms with Crippen molar-refractivity contribution in [3.8, 4) is 0 Å². The lowest BCUT2D eigenvalue weighted by Gasteiger charge is -2.45. The minimum atomic E-state index is -3.23. The number of rotatable bonds is 1. The number of hydrogen-bond donors (Lipinski definition) is 0. The first-order chi connectivity index (χ1) is 9.16. The maximum absolute atomic E-state index is 12.7. The van der Waals surface area contributed by atoms with Crippen LogP contribution < -0.4 is 0 Å². The van der Waals surface area contributed by atoms with Crippen LogP contribution in [0.4, 0.5) is 0 Å². The summed E-state index contributed by atoms with van der Waals surface area (Å²) < 4.78 is 25.3. The molecule has 1 aromatic rings. The fourth-order valence-electron chi connectivity index (χ4n) is 3.80. The molecule has 1 unspecified atom stereocenters. The third-order valence-electron chi connectivity index (χ3n) is 4.84. The topological polar surface area (TPSA) is 37.4 Å². The van der Waals surface area contributed by atoms with Crippen LogP contribution in [0.25, 0.3) is 6.08 Å². The van der Waals surface area contributed by atoms with Crippen LogP contribution in [0.1, 0.15) is 18.4 Å². The number of benzene rings is 1. The molecule has 3 fully saturated rings. The van der Waals surface area contributed by atoms with E-state index in [-0.39, 0.29) is 5.92 Å². The summed E-state index contributed by atoms with van der Waals surface area (Å²) in [4.78, 5) is 3.58. The molecule has 0 radical (unpaired) electrons. The zero-order valence-electron chi connectivity index (χ0n) is 10.7. The molecule has 1 atom stereocenters. The highest BCUT2D eigenvalue weighted by atomic mass is 32.2. The van der Waals surface area contributed by atoms with Crippen LogP contribution in [-0.4, -0.2) is 33.0 Å². The summed E-state index contributed by atoms with van der Waals surface area (Å²) in [5, 5.41) is 0. The van der Waals surface area contributed by atoms with Crippen molar-refractivity contribution in [1.29, 1.82) is 0 Å². The van der Waals surface area contributed by atoms with Gasteiger partial charge in [-0.05, 0) is 49.6 Å². The summed E-state index contributed by atoms with van der Waals surface area (Å²) in [7, 11) is -3.23. The van der Waals surface area contributed by atoms with Crippen molar-refractivity contribution < 1.29 is 8.42 Å². The molecule has 4 aliphatic rings. The molecular formula is C15H17NO2S. The van der Waals surface area contributed by atoms with E-state index >= 15 is 0 Å². The average molecular weight is 275 g/mol. The van der Waals surface area contributed by atoms with Gasteiger partial charge >= 0.3 is 0 Å². The summed E-state index contributed by atoms with van der Waals surface area (Å²) in [6, 6.07) is 7.35. The normalized spacial score (nSPS) is 34.9. The Morgan fingerprint density at radius 1 is 1.11 bits per heavy atom. The number of fused-ring (bicyclic) bond motifs is 4. The SMILES string of the molecule is O=S1(=O)C(C2CN3CCC2CC3)=Cc2ccccc21. The predicted octanol–water partition coefficient (Wildman–Crippen LogP) is 2.16. The van der Waals surface area contributed by atoms with Crippen molar-refractivity contribution in [1.82, 2.24) is 4.90 Å². The number of piperidine rings is 3. The van der Waals surface area contributed by atoms with Crippen LogP contribution in [0.2, 0.25) is 0 Å². The Bertz CT molecular complexity index is 654. The average Bonchev–Trinajstić information content (AvgIpc) is 2.72. The molecule has 0 amide bonds. The smallest absolute Gasteiger partial charge is 0.203 e. The maximum atomic E-state index is 12.7. The summed E-state index contributed by atoms with van der Waals surface area (Å²) in [5.41, 5.74) is 0.869. The molecule has 1 aromatic carbocycles. The van der Waals surface area contributed by atoms with E-state index in [1.54, 1.807) is 6.07 Å². The Hall–Kier alpha value is -1.13. The standard InChI is InChI=1S/C15H17NO2S/c17-19(18)14-4-2-1-3-12(14)9-15(19)13-10-16-7-5-11(13)6-8-16/h1-4,9,11,13H,5-8,10H2. The lowest BCUT2D eigenvalue weighted by Crippen LogP contribution is -2.48. The van der Waals surface area contributed by atoms with E-state index in [0.29, 0.717) is 15.7 Å². The van der Waals surface area contributed by atoms with Crippen molar-refractivity contribution in [3.05, 3.63) is 34.7 Å². The molecular weight excluding hydrogens is 258 g/mol. The zero-order valence-corrected chi connectivity index (χ0v) is 11.6. The van der Waals surface area contributed by atoms with E-state index in [1.165, 1.54) is 0 Å². The molecule has 0 aliphatic carbocycles. The van der Waals surface area contributed by atoms with E-state index in [2.05, 4.69) is 4.90 Å². The van der Waals surface area contributed by atoms with Crippen molar-refractivity contribution in [2.45, 2.75) is 17.7 Å². The summed E-state index contributed by atoms with van der Waals surface area (Å²) in [6.07, 6.45) is 4.21. The van der Waals surface area contributed by atoms with Gasteiger partial charge in [0.25, 0.3) is 0 Å². The second-order valence-electron chi connectivity index (χ2n) is 5.83. The first-order valence-electron chi connectivity index (χ1n) is 6.94. The molecule has 0 saturated carbocycles. The van der Waals surface area contributed by atoms with Crippen LogP contribution in [-0.2, 0) is 9.84 Å². The molecule has 100 valence electrons. The maximum Gasteiger partial charge on any atom is 0.203 e. The highest BCUT2D eigenvalue weighted by Crippen LogP contribution is 2.44. The molecule has 5 rings (SSSR count). The summed E-state index contributed by atoms with van der Waals surface area (Å²) in [5.74, 6) is 0.764. The third-order valence-corrected chi connectivity index (χ3v) is 6.83. The van der Waals surface area contributed by atoms with E-state index in [1.807, 2.05) is 24.3 Å². The number of hydrogen-bond acceptors (Lipinski definition) is 3. The molecule has 4 aliphatic heterocycles.